The highest BCUT2D eigenvalue weighted by molar-refractivity contribution is 7.99. The zero-order chi connectivity index (χ0) is 47.3. The van der Waals surface area contributed by atoms with Crippen molar-refractivity contribution in [3.63, 3.8) is 0 Å². The Morgan fingerprint density at radius 3 is 1.34 bits per heavy atom. The Labute approximate surface area is 379 Å². The Bertz CT molecular complexity index is 2420. The van der Waals surface area contributed by atoms with E-state index in [1.807, 2.05) is 39.8 Å². The maximum absolute atomic E-state index is 13.5. The molecule has 16 nitrogen and oxygen atoms in total. The molecule has 0 radical (unpaired) electrons. The smallest absolute Gasteiger partial charge is 0.310 e. The number of aliphatic hydroxyl groups is 2. The number of piperidine rings is 2. The van der Waals surface area contributed by atoms with Crippen molar-refractivity contribution in [3.05, 3.63) is 127 Å². The van der Waals surface area contributed by atoms with Gasteiger partial charge in [0, 0.05) is 38.3 Å². The van der Waals surface area contributed by atoms with Crippen LogP contribution in [0.4, 0.5) is 11.4 Å². The maximum atomic E-state index is 13.5. The van der Waals surface area contributed by atoms with Gasteiger partial charge in [-0.2, -0.15) is 0 Å². The molecule has 2 amide bonds. The molecule has 4 aromatic carbocycles. The minimum atomic E-state index is -1.24. The monoisotopic (exact) mass is 906 g/mol. The van der Waals surface area contributed by atoms with E-state index < -0.39 is 57.6 Å². The summed E-state index contributed by atoms with van der Waals surface area (Å²) in [4.78, 5) is 78.8. The number of amides is 2. The number of carbonyl (C=O) groups is 4. The molecule has 6 rings (SSSR count). The number of nitro benzene ring substituents is 2. The summed E-state index contributed by atoms with van der Waals surface area (Å²) in [6.45, 7) is 7.49. The van der Waals surface area contributed by atoms with E-state index in [0.29, 0.717) is 22.3 Å². The molecular weight excluding hydrogens is 857 g/mol. The first-order chi connectivity index (χ1) is 30.9. The molecule has 0 saturated carbocycles. The van der Waals surface area contributed by atoms with Crippen LogP contribution in [0.15, 0.2) is 94.7 Å². The third-order valence-corrected chi connectivity index (χ3v) is 13.0. The minimum absolute atomic E-state index is 0.0614. The van der Waals surface area contributed by atoms with Crippen LogP contribution in [0, 0.1) is 32.1 Å². The van der Waals surface area contributed by atoms with Crippen LogP contribution >= 0.6 is 11.8 Å². The van der Waals surface area contributed by atoms with Crippen LogP contribution in [0.2, 0.25) is 0 Å². The second-order valence-corrected chi connectivity index (χ2v) is 17.8. The van der Waals surface area contributed by atoms with Gasteiger partial charge >= 0.3 is 11.9 Å². The highest BCUT2D eigenvalue weighted by atomic mass is 32.2. The largest absolute Gasteiger partial charge is 0.481 e. The molecule has 4 unspecified atom stereocenters. The predicted octanol–water partition coefficient (Wildman–Crippen LogP) is 7.85. The molecule has 2 aliphatic rings. The van der Waals surface area contributed by atoms with Gasteiger partial charge in [-0.15, -0.1) is 0 Å². The van der Waals surface area contributed by atoms with E-state index in [-0.39, 0.29) is 83.1 Å². The average Bonchev–Trinajstić information content (AvgIpc) is 3.27. The maximum Gasteiger partial charge on any atom is 0.310 e. The molecule has 2 aliphatic heterocycles. The number of benzene rings is 4. The Balaban J connectivity index is 1.50. The molecule has 340 valence electrons. The van der Waals surface area contributed by atoms with Crippen molar-refractivity contribution in [1.29, 1.82) is 0 Å². The summed E-state index contributed by atoms with van der Waals surface area (Å²) in [5.41, 5.74) is 2.68. The second kappa shape index (κ2) is 20.4. The molecule has 0 bridgehead atoms. The number of likely N-dealkylation sites (tertiary alicyclic amines) is 2. The lowest BCUT2D eigenvalue weighted by Gasteiger charge is -2.33. The Hall–Kier alpha value is -6.69. The van der Waals surface area contributed by atoms with Gasteiger partial charge in [-0.25, -0.2) is 0 Å². The molecule has 0 aromatic heterocycles. The third kappa shape index (κ3) is 10.5. The van der Waals surface area contributed by atoms with Crippen LogP contribution in [-0.2, 0) is 19.2 Å². The molecule has 4 N–H and O–H groups in total. The Kier molecular flexibility index (Phi) is 15.0. The van der Waals surface area contributed by atoms with Gasteiger partial charge in [0.2, 0.25) is 11.8 Å². The number of aliphatic carboxylic acids is 2. The van der Waals surface area contributed by atoms with Crippen LogP contribution in [0.3, 0.4) is 0 Å². The van der Waals surface area contributed by atoms with Crippen molar-refractivity contribution in [3.8, 4) is 22.3 Å². The molecular formula is C48H50N4O12S. The summed E-state index contributed by atoms with van der Waals surface area (Å²) in [6.07, 6.45) is 3.18. The summed E-state index contributed by atoms with van der Waals surface area (Å²) < 4.78 is 0. The Morgan fingerprint density at radius 1 is 0.631 bits per heavy atom. The van der Waals surface area contributed by atoms with Crippen molar-refractivity contribution < 1.29 is 49.5 Å². The lowest BCUT2D eigenvalue weighted by atomic mass is 9.89. The first-order valence-corrected chi connectivity index (χ1v) is 22.0. The number of rotatable bonds is 14. The van der Waals surface area contributed by atoms with Crippen LogP contribution in [0.1, 0.15) is 74.6 Å². The number of carbonyl (C=O) groups excluding carboxylic acids is 2. The Morgan fingerprint density at radius 2 is 1.00 bits per heavy atom. The van der Waals surface area contributed by atoms with E-state index in [4.69, 9.17) is 0 Å². The van der Waals surface area contributed by atoms with Crippen molar-refractivity contribution >= 4 is 59.0 Å². The quantitative estimate of drug-likeness (QED) is 0.0536. The van der Waals surface area contributed by atoms with Crippen molar-refractivity contribution in [2.24, 2.45) is 11.8 Å². The lowest BCUT2D eigenvalue weighted by molar-refractivity contribution is -0.387. The fraction of sp³-hybridized carbons (Fsp3) is 0.333. The first-order valence-electron chi connectivity index (χ1n) is 21.1. The fourth-order valence-corrected chi connectivity index (χ4v) is 9.47. The standard InChI is InChI=1S/C48H50N4O12S/c1-27(2)31-9-5-7-11-33(31)43-29(15-19-41(55)49-23-21-37(53)35(25-49)47(57)58)13-17-39(45(43)51(61)62)65-40-18-14-30(16-20-42(56)50-24-22-38(54)36(26-50)48(59)60)44(46(40)52(63)64)34-12-8-6-10-32(34)28(3)4/h5-20,27-28,35-38,53-54H,21-26H2,1-4H3,(H,57,58)(H,59,60). The van der Waals surface area contributed by atoms with Crippen molar-refractivity contribution in [2.45, 2.75) is 74.4 Å². The number of hydrogen-bond donors (Lipinski definition) is 4. The molecule has 17 heteroatoms. The number of nitrogens with zero attached hydrogens (tertiary/aromatic N) is 4. The van der Waals surface area contributed by atoms with E-state index in [9.17, 15) is 59.8 Å². The van der Waals surface area contributed by atoms with Gasteiger partial charge in [-0.3, -0.25) is 39.4 Å². The molecule has 4 atom stereocenters. The lowest BCUT2D eigenvalue weighted by Crippen LogP contribution is -2.48. The van der Waals surface area contributed by atoms with Crippen LogP contribution in [0.25, 0.3) is 34.4 Å². The highest BCUT2D eigenvalue weighted by Crippen LogP contribution is 2.50. The fourth-order valence-electron chi connectivity index (χ4n) is 8.42. The van der Waals surface area contributed by atoms with Crippen LogP contribution in [0.5, 0.6) is 0 Å². The van der Waals surface area contributed by atoms with Crippen LogP contribution in [-0.4, -0.2) is 102 Å². The average molecular weight is 907 g/mol. The van der Waals surface area contributed by atoms with E-state index in [1.165, 1.54) is 46.2 Å². The van der Waals surface area contributed by atoms with E-state index in [2.05, 4.69) is 0 Å². The molecule has 65 heavy (non-hydrogen) atoms. The van der Waals surface area contributed by atoms with Gasteiger partial charge in [-0.05, 0) is 82.3 Å². The summed E-state index contributed by atoms with van der Waals surface area (Å²) in [5, 5.41) is 66.3. The van der Waals surface area contributed by atoms with Gasteiger partial charge in [-0.1, -0.05) is 100 Å². The van der Waals surface area contributed by atoms with Crippen molar-refractivity contribution in [1.82, 2.24) is 9.80 Å². The predicted molar refractivity (Wildman–Crippen MR) is 244 cm³/mol. The summed E-state index contributed by atoms with van der Waals surface area (Å²) in [6, 6.07) is 20.3. The zero-order valence-corrected chi connectivity index (χ0v) is 37.0. The summed E-state index contributed by atoms with van der Waals surface area (Å²) in [5.74, 6) is -6.13. The summed E-state index contributed by atoms with van der Waals surface area (Å²) >= 11 is 0.821. The van der Waals surface area contributed by atoms with Gasteiger partial charge in [0.05, 0.1) is 43.0 Å². The van der Waals surface area contributed by atoms with Gasteiger partial charge in [0.15, 0.2) is 0 Å². The highest BCUT2D eigenvalue weighted by Gasteiger charge is 2.36. The summed E-state index contributed by atoms with van der Waals surface area (Å²) in [7, 11) is 0. The number of aliphatic hydroxyl groups excluding tert-OH is 2. The van der Waals surface area contributed by atoms with Gasteiger partial charge in [0.25, 0.3) is 11.4 Å². The minimum Gasteiger partial charge on any atom is -0.481 e. The first kappa shape index (κ1) is 47.8. The molecule has 2 saturated heterocycles. The molecule has 2 fully saturated rings. The molecule has 2 heterocycles. The van der Waals surface area contributed by atoms with E-state index in [0.717, 1.165) is 22.9 Å². The molecule has 4 aromatic rings. The number of nitro groups is 2. The van der Waals surface area contributed by atoms with E-state index >= 15 is 0 Å². The van der Waals surface area contributed by atoms with Gasteiger partial charge in [0.1, 0.15) is 11.8 Å². The number of hydrogen-bond acceptors (Lipinski definition) is 11. The number of carboxylic acid groups (broad SMARTS) is 2. The van der Waals surface area contributed by atoms with E-state index in [1.54, 1.807) is 48.5 Å². The SMILES string of the molecule is CC(C)c1ccccc1-c1c(C=CC(=O)N2CCC(O)C(C(=O)O)C2)ccc(Sc2ccc(C=CC(=O)N3CCC(O)C(C(=O)O)C3)c(-c3ccccc3C(C)C)c2[N+](=O)[O-])c1[N+](=O)[O-]. The zero-order valence-electron chi connectivity index (χ0n) is 36.2. The number of carboxylic acids is 2. The topological polar surface area (TPSA) is 242 Å². The van der Waals surface area contributed by atoms with Gasteiger partial charge < -0.3 is 30.2 Å². The molecule has 0 aliphatic carbocycles. The normalized spacial score (nSPS) is 19.0. The second-order valence-electron chi connectivity index (χ2n) is 16.7. The molecule has 0 spiro atoms. The van der Waals surface area contributed by atoms with Crippen molar-refractivity contribution in [2.75, 3.05) is 26.2 Å². The van der Waals surface area contributed by atoms with Crippen LogP contribution < -0.4 is 0 Å². The third-order valence-electron chi connectivity index (χ3n) is 11.9.